The van der Waals surface area contributed by atoms with E-state index >= 15 is 0 Å². The van der Waals surface area contributed by atoms with Crippen LogP contribution < -0.4 is 5.32 Å². The van der Waals surface area contributed by atoms with E-state index in [1.54, 1.807) is 0 Å². The minimum absolute atomic E-state index is 0.140. The predicted octanol–water partition coefficient (Wildman–Crippen LogP) is 3.38. The smallest absolute Gasteiger partial charge is 0.225 e. The molecule has 18 heavy (non-hydrogen) atoms. The van der Waals surface area contributed by atoms with Gasteiger partial charge in [-0.2, -0.15) is 0 Å². The average molecular weight is 257 g/mol. The van der Waals surface area contributed by atoms with Gasteiger partial charge in [0, 0.05) is 25.2 Å². The third-order valence-electron chi connectivity index (χ3n) is 2.94. The summed E-state index contributed by atoms with van der Waals surface area (Å²) in [7, 11) is 0. The third-order valence-corrected chi connectivity index (χ3v) is 2.94. The van der Waals surface area contributed by atoms with Crippen LogP contribution in [0.15, 0.2) is 0 Å². The summed E-state index contributed by atoms with van der Waals surface area (Å²) in [6, 6.07) is 0. The summed E-state index contributed by atoms with van der Waals surface area (Å²) in [4.78, 5) is 12.1. The van der Waals surface area contributed by atoms with E-state index in [1.807, 2.05) is 20.8 Å². The molecule has 0 saturated heterocycles. The van der Waals surface area contributed by atoms with Crippen molar-refractivity contribution in [1.82, 2.24) is 5.32 Å². The van der Waals surface area contributed by atoms with E-state index in [0.717, 1.165) is 39.0 Å². The number of amides is 1. The van der Waals surface area contributed by atoms with Crippen LogP contribution in [0.4, 0.5) is 0 Å². The van der Waals surface area contributed by atoms with Crippen LogP contribution in [0.5, 0.6) is 0 Å². The molecule has 0 atom stereocenters. The SMILES string of the molecule is CCOCCCCC(C)(C)C(=O)NCC(C)(C)C. The van der Waals surface area contributed by atoms with Crippen molar-refractivity contribution in [1.29, 1.82) is 0 Å². The topological polar surface area (TPSA) is 38.3 Å². The first-order valence-corrected chi connectivity index (χ1v) is 7.05. The molecule has 3 heteroatoms. The molecular formula is C15H31NO2. The molecule has 0 bridgehead atoms. The predicted molar refractivity (Wildman–Crippen MR) is 76.6 cm³/mol. The summed E-state index contributed by atoms with van der Waals surface area (Å²) in [5.41, 5.74) is -0.141. The maximum atomic E-state index is 12.1. The summed E-state index contributed by atoms with van der Waals surface area (Å²) < 4.78 is 5.30. The van der Waals surface area contributed by atoms with Gasteiger partial charge in [0.2, 0.25) is 5.91 Å². The maximum absolute atomic E-state index is 12.1. The number of nitrogens with one attached hydrogen (secondary N) is 1. The second-order valence-corrected chi connectivity index (χ2v) is 6.78. The Bertz CT molecular complexity index is 241. The Labute approximate surface area is 113 Å². The van der Waals surface area contributed by atoms with Crippen LogP contribution >= 0.6 is 0 Å². The Morgan fingerprint density at radius 2 is 1.72 bits per heavy atom. The van der Waals surface area contributed by atoms with Crippen molar-refractivity contribution in [2.45, 2.75) is 60.8 Å². The van der Waals surface area contributed by atoms with Gasteiger partial charge in [-0.1, -0.05) is 41.0 Å². The second kappa shape index (κ2) is 7.78. The lowest BCUT2D eigenvalue weighted by atomic mass is 9.85. The van der Waals surface area contributed by atoms with Crippen molar-refractivity contribution in [3.63, 3.8) is 0 Å². The summed E-state index contributed by atoms with van der Waals surface area (Å²) in [6.45, 7) is 14.7. The standard InChI is InChI=1S/C15H31NO2/c1-7-18-11-9-8-10-15(5,6)13(17)16-12-14(2,3)4/h7-12H2,1-6H3,(H,16,17). The van der Waals surface area contributed by atoms with Crippen molar-refractivity contribution in [2.24, 2.45) is 10.8 Å². The molecule has 0 saturated carbocycles. The van der Waals surface area contributed by atoms with Crippen molar-refractivity contribution >= 4 is 5.91 Å². The van der Waals surface area contributed by atoms with Crippen LogP contribution in [0.2, 0.25) is 0 Å². The lowest BCUT2D eigenvalue weighted by Gasteiger charge is -2.26. The van der Waals surface area contributed by atoms with E-state index in [4.69, 9.17) is 4.74 Å². The molecule has 0 spiro atoms. The molecule has 0 radical (unpaired) electrons. The Balaban J connectivity index is 3.92. The molecule has 0 aromatic heterocycles. The highest BCUT2D eigenvalue weighted by Gasteiger charge is 2.27. The monoisotopic (exact) mass is 257 g/mol. The zero-order valence-corrected chi connectivity index (χ0v) is 13.1. The largest absolute Gasteiger partial charge is 0.382 e. The fourth-order valence-corrected chi connectivity index (χ4v) is 1.61. The van der Waals surface area contributed by atoms with E-state index in [1.165, 1.54) is 0 Å². The van der Waals surface area contributed by atoms with Gasteiger partial charge in [0.15, 0.2) is 0 Å². The molecule has 108 valence electrons. The Kier molecular flexibility index (Phi) is 7.53. The van der Waals surface area contributed by atoms with E-state index in [-0.39, 0.29) is 16.7 Å². The zero-order valence-electron chi connectivity index (χ0n) is 13.1. The van der Waals surface area contributed by atoms with Crippen LogP contribution in [0.3, 0.4) is 0 Å². The number of carbonyl (C=O) groups excluding carboxylic acids is 1. The van der Waals surface area contributed by atoms with Gasteiger partial charge in [-0.15, -0.1) is 0 Å². The van der Waals surface area contributed by atoms with Gasteiger partial charge in [-0.05, 0) is 25.2 Å². The first kappa shape index (κ1) is 17.4. The van der Waals surface area contributed by atoms with Crippen LogP contribution in [0.1, 0.15) is 60.8 Å². The van der Waals surface area contributed by atoms with Crippen molar-refractivity contribution in [3.05, 3.63) is 0 Å². The van der Waals surface area contributed by atoms with Crippen molar-refractivity contribution < 1.29 is 9.53 Å². The molecule has 3 nitrogen and oxygen atoms in total. The van der Waals surface area contributed by atoms with E-state index in [9.17, 15) is 4.79 Å². The minimum atomic E-state index is -0.280. The number of unbranched alkanes of at least 4 members (excludes halogenated alkanes) is 1. The summed E-state index contributed by atoms with van der Waals surface area (Å²) >= 11 is 0. The highest BCUT2D eigenvalue weighted by molar-refractivity contribution is 5.81. The van der Waals surface area contributed by atoms with E-state index in [0.29, 0.717) is 0 Å². The quantitative estimate of drug-likeness (QED) is 0.677. The highest BCUT2D eigenvalue weighted by atomic mass is 16.5. The second-order valence-electron chi connectivity index (χ2n) is 6.78. The molecule has 0 heterocycles. The van der Waals surface area contributed by atoms with Crippen molar-refractivity contribution in [2.75, 3.05) is 19.8 Å². The van der Waals surface area contributed by atoms with Gasteiger partial charge >= 0.3 is 0 Å². The van der Waals surface area contributed by atoms with Gasteiger partial charge in [-0.3, -0.25) is 4.79 Å². The van der Waals surface area contributed by atoms with Crippen molar-refractivity contribution in [3.8, 4) is 0 Å². The molecule has 0 aromatic carbocycles. The normalized spacial score (nSPS) is 12.6. The van der Waals surface area contributed by atoms with Gasteiger partial charge in [-0.25, -0.2) is 0 Å². The van der Waals surface area contributed by atoms with Gasteiger partial charge < -0.3 is 10.1 Å². The molecule has 0 fully saturated rings. The Morgan fingerprint density at radius 1 is 1.11 bits per heavy atom. The maximum Gasteiger partial charge on any atom is 0.225 e. The number of hydrogen-bond donors (Lipinski definition) is 1. The van der Waals surface area contributed by atoms with Crippen LogP contribution in [0, 0.1) is 10.8 Å². The highest BCUT2D eigenvalue weighted by Crippen LogP contribution is 2.24. The molecule has 1 N–H and O–H groups in total. The fraction of sp³-hybridized carbons (Fsp3) is 0.933. The lowest BCUT2D eigenvalue weighted by molar-refractivity contribution is -0.130. The van der Waals surface area contributed by atoms with Crippen LogP contribution in [0.25, 0.3) is 0 Å². The van der Waals surface area contributed by atoms with E-state index in [2.05, 4.69) is 26.1 Å². The Hall–Kier alpha value is -0.570. The molecule has 0 aliphatic heterocycles. The summed E-state index contributed by atoms with van der Waals surface area (Å²) in [6.07, 6.45) is 2.98. The number of rotatable bonds is 8. The van der Waals surface area contributed by atoms with E-state index < -0.39 is 0 Å². The van der Waals surface area contributed by atoms with Crippen LogP contribution in [-0.4, -0.2) is 25.7 Å². The summed E-state index contributed by atoms with van der Waals surface area (Å²) in [5, 5.41) is 3.04. The minimum Gasteiger partial charge on any atom is -0.382 e. The molecule has 1 amide bonds. The fourth-order valence-electron chi connectivity index (χ4n) is 1.61. The third kappa shape index (κ3) is 8.51. The first-order valence-electron chi connectivity index (χ1n) is 7.05. The molecule has 0 unspecified atom stereocenters. The zero-order chi connectivity index (χ0) is 14.2. The van der Waals surface area contributed by atoms with Gasteiger partial charge in [0.25, 0.3) is 0 Å². The first-order chi connectivity index (χ1) is 8.19. The number of ether oxygens (including phenoxy) is 1. The Morgan fingerprint density at radius 3 is 2.22 bits per heavy atom. The summed E-state index contributed by atoms with van der Waals surface area (Å²) in [5.74, 6) is 0.161. The van der Waals surface area contributed by atoms with Crippen LogP contribution in [-0.2, 0) is 9.53 Å². The molecular weight excluding hydrogens is 226 g/mol. The van der Waals surface area contributed by atoms with Gasteiger partial charge in [0.1, 0.15) is 0 Å². The average Bonchev–Trinajstić information content (AvgIpc) is 2.24. The molecule has 0 rings (SSSR count). The molecule has 0 aliphatic carbocycles. The van der Waals surface area contributed by atoms with Gasteiger partial charge in [0.05, 0.1) is 0 Å². The lowest BCUT2D eigenvalue weighted by Crippen LogP contribution is -2.40. The molecule has 0 aromatic rings. The molecule has 0 aliphatic rings. The number of carbonyl (C=O) groups is 1. The number of hydrogen-bond acceptors (Lipinski definition) is 2.